The van der Waals surface area contributed by atoms with Gasteiger partial charge in [0.2, 0.25) is 0 Å². The van der Waals surface area contributed by atoms with Crippen molar-refractivity contribution in [1.29, 1.82) is 0 Å². The molecule has 5 rings (SSSR count). The molecule has 28 heavy (non-hydrogen) atoms. The molecule has 1 atom stereocenters. The highest BCUT2D eigenvalue weighted by atomic mass is 16.5. The number of nitrogens with zero attached hydrogens (tertiary/aromatic N) is 3. The topological polar surface area (TPSA) is 82.6 Å². The number of aliphatic imine (C=N–C) groups is 1. The van der Waals surface area contributed by atoms with Gasteiger partial charge in [0.25, 0.3) is 6.02 Å². The Balaban J connectivity index is 1.76. The Morgan fingerprint density at radius 1 is 1.14 bits per heavy atom. The molecule has 1 unspecified atom stereocenters. The number of aromatic nitrogens is 2. The van der Waals surface area contributed by atoms with Crippen molar-refractivity contribution in [2.45, 2.75) is 12.5 Å². The number of para-hydroxylation sites is 1. The summed E-state index contributed by atoms with van der Waals surface area (Å²) in [7, 11) is 0. The fourth-order valence-corrected chi connectivity index (χ4v) is 3.72. The number of pyridine rings is 2. The summed E-state index contributed by atoms with van der Waals surface area (Å²) in [5.74, 6) is 7.26. The molecule has 6 nitrogen and oxygen atoms in total. The number of benzene rings is 1. The van der Waals surface area contributed by atoms with Crippen LogP contribution in [0.3, 0.4) is 0 Å². The van der Waals surface area contributed by atoms with E-state index in [4.69, 9.17) is 15.2 Å². The summed E-state index contributed by atoms with van der Waals surface area (Å²) >= 11 is 0. The van der Waals surface area contributed by atoms with Crippen LogP contribution in [0.15, 0.2) is 60.0 Å². The first-order valence-electron chi connectivity index (χ1n) is 8.84. The third-order valence-corrected chi connectivity index (χ3v) is 4.91. The van der Waals surface area contributed by atoms with Gasteiger partial charge in [0, 0.05) is 40.8 Å². The highest BCUT2D eigenvalue weighted by molar-refractivity contribution is 5.79. The molecular weight excluding hydrogens is 352 g/mol. The van der Waals surface area contributed by atoms with Crippen molar-refractivity contribution >= 4 is 6.02 Å². The van der Waals surface area contributed by atoms with Crippen LogP contribution in [0.25, 0.3) is 11.3 Å². The number of amidine groups is 1. The van der Waals surface area contributed by atoms with Crippen LogP contribution in [0.5, 0.6) is 11.5 Å². The molecule has 6 heteroatoms. The lowest BCUT2D eigenvalue weighted by Crippen LogP contribution is -2.31. The van der Waals surface area contributed by atoms with Gasteiger partial charge in [0.05, 0.1) is 0 Å². The molecule has 0 saturated heterocycles. The Labute approximate surface area is 162 Å². The first kappa shape index (κ1) is 16.3. The minimum atomic E-state index is -0.750. The van der Waals surface area contributed by atoms with E-state index in [2.05, 4.69) is 26.8 Å². The zero-order chi connectivity index (χ0) is 19.1. The van der Waals surface area contributed by atoms with Gasteiger partial charge < -0.3 is 15.2 Å². The van der Waals surface area contributed by atoms with Crippen molar-refractivity contribution in [2.75, 3.05) is 6.61 Å². The molecule has 136 valence electrons. The molecule has 1 spiro atoms. The number of rotatable bonds is 1. The number of hydrogen-bond donors (Lipinski definition) is 1. The van der Waals surface area contributed by atoms with E-state index in [-0.39, 0.29) is 6.02 Å². The number of nitrogens with two attached hydrogens (primary N) is 1. The molecule has 1 aromatic carbocycles. The lowest BCUT2D eigenvalue weighted by molar-refractivity contribution is 0.264. The average Bonchev–Trinajstić information content (AvgIpc) is 3.11. The minimum absolute atomic E-state index is 0.169. The number of hydrogen-bond acceptors (Lipinski definition) is 6. The minimum Gasteiger partial charge on any atom is -0.462 e. The third kappa shape index (κ3) is 2.33. The summed E-state index contributed by atoms with van der Waals surface area (Å²) in [5.41, 5.74) is 9.26. The smallest absolute Gasteiger partial charge is 0.283 e. The number of fused-ring (bicyclic) bond motifs is 4. The Morgan fingerprint density at radius 3 is 2.86 bits per heavy atom. The van der Waals surface area contributed by atoms with Gasteiger partial charge in [-0.05, 0) is 25.1 Å². The molecule has 2 N–H and O–H groups in total. The molecule has 0 saturated carbocycles. The van der Waals surface area contributed by atoms with Crippen LogP contribution in [-0.4, -0.2) is 22.6 Å². The van der Waals surface area contributed by atoms with E-state index in [1.807, 2.05) is 36.4 Å². The van der Waals surface area contributed by atoms with Crippen LogP contribution in [0.1, 0.15) is 23.6 Å². The Morgan fingerprint density at radius 2 is 2.04 bits per heavy atom. The van der Waals surface area contributed by atoms with E-state index in [1.54, 1.807) is 25.5 Å². The summed E-state index contributed by atoms with van der Waals surface area (Å²) in [6.45, 7) is 2.11. The highest BCUT2D eigenvalue weighted by Crippen LogP contribution is 2.52. The SMILES string of the molecule is CC#Cc1cncc(-c2nccc3c2Oc2ccccc2C32COC(N)=N2)c1. The van der Waals surface area contributed by atoms with Crippen LogP contribution in [-0.2, 0) is 10.3 Å². The number of ether oxygens (including phenoxy) is 2. The first-order valence-corrected chi connectivity index (χ1v) is 8.84. The summed E-state index contributed by atoms with van der Waals surface area (Å²) in [6, 6.07) is 11.8. The maximum absolute atomic E-state index is 6.29. The fraction of sp³-hybridized carbons (Fsp3) is 0.136. The summed E-state index contributed by atoms with van der Waals surface area (Å²) in [4.78, 5) is 13.6. The van der Waals surface area contributed by atoms with E-state index in [9.17, 15) is 0 Å². The molecule has 2 aromatic heterocycles. The summed E-state index contributed by atoms with van der Waals surface area (Å²) < 4.78 is 11.9. The van der Waals surface area contributed by atoms with Crippen LogP contribution >= 0.6 is 0 Å². The maximum Gasteiger partial charge on any atom is 0.283 e. The van der Waals surface area contributed by atoms with E-state index in [0.717, 1.165) is 22.3 Å². The average molecular weight is 368 g/mol. The van der Waals surface area contributed by atoms with Crippen LogP contribution in [0.2, 0.25) is 0 Å². The van der Waals surface area contributed by atoms with Gasteiger partial charge in [0.15, 0.2) is 11.3 Å². The lowest BCUT2D eigenvalue weighted by Gasteiger charge is -2.33. The molecule has 0 amide bonds. The van der Waals surface area contributed by atoms with Crippen molar-refractivity contribution in [3.63, 3.8) is 0 Å². The Bertz CT molecular complexity index is 1190. The van der Waals surface area contributed by atoms with Gasteiger partial charge in [-0.3, -0.25) is 9.97 Å². The summed E-state index contributed by atoms with van der Waals surface area (Å²) in [6.07, 6.45) is 5.22. The van der Waals surface area contributed by atoms with E-state index < -0.39 is 5.54 Å². The molecule has 3 aromatic rings. The predicted molar refractivity (Wildman–Crippen MR) is 105 cm³/mol. The van der Waals surface area contributed by atoms with Gasteiger partial charge in [0.1, 0.15) is 18.1 Å². The fourth-order valence-electron chi connectivity index (χ4n) is 3.72. The van der Waals surface area contributed by atoms with Crippen LogP contribution < -0.4 is 10.5 Å². The van der Waals surface area contributed by atoms with E-state index in [1.165, 1.54) is 0 Å². The van der Waals surface area contributed by atoms with Crippen molar-refractivity contribution in [1.82, 2.24) is 9.97 Å². The maximum atomic E-state index is 6.29. The van der Waals surface area contributed by atoms with Crippen molar-refractivity contribution < 1.29 is 9.47 Å². The quantitative estimate of drug-likeness (QED) is 0.667. The van der Waals surface area contributed by atoms with Gasteiger partial charge in [-0.15, -0.1) is 5.92 Å². The van der Waals surface area contributed by atoms with Crippen LogP contribution in [0.4, 0.5) is 0 Å². The van der Waals surface area contributed by atoms with Crippen molar-refractivity contribution in [3.05, 3.63) is 71.7 Å². The Hall–Kier alpha value is -3.85. The standard InChI is InChI=1S/C22H16N4O2/c1-2-5-14-10-15(12-24-11-14)19-20-17(8-9-25-19)22(13-27-21(23)26-22)16-6-3-4-7-18(16)28-20/h3-4,6-12H,13H2,1H3,(H2,23,26). The molecule has 0 radical (unpaired) electrons. The van der Waals surface area contributed by atoms with Crippen molar-refractivity contribution in [2.24, 2.45) is 10.7 Å². The molecule has 4 heterocycles. The van der Waals surface area contributed by atoms with Gasteiger partial charge in [-0.1, -0.05) is 24.1 Å². The zero-order valence-electron chi connectivity index (χ0n) is 15.1. The summed E-state index contributed by atoms with van der Waals surface area (Å²) in [5, 5.41) is 0. The second-order valence-electron chi connectivity index (χ2n) is 6.57. The van der Waals surface area contributed by atoms with E-state index in [0.29, 0.717) is 23.8 Å². The Kier molecular flexibility index (Phi) is 3.56. The van der Waals surface area contributed by atoms with Gasteiger partial charge in [-0.2, -0.15) is 0 Å². The molecule has 2 aliphatic heterocycles. The highest BCUT2D eigenvalue weighted by Gasteiger charge is 2.47. The predicted octanol–water partition coefficient (Wildman–Crippen LogP) is 3.21. The van der Waals surface area contributed by atoms with Crippen molar-refractivity contribution in [3.8, 4) is 34.6 Å². The van der Waals surface area contributed by atoms with E-state index >= 15 is 0 Å². The molecule has 0 bridgehead atoms. The second-order valence-corrected chi connectivity index (χ2v) is 6.57. The lowest BCUT2D eigenvalue weighted by atomic mass is 9.81. The third-order valence-electron chi connectivity index (χ3n) is 4.91. The molecule has 0 fully saturated rings. The normalized spacial score (nSPS) is 18.8. The molecular formula is C22H16N4O2. The molecule has 2 aliphatic rings. The second kappa shape index (κ2) is 6.10. The monoisotopic (exact) mass is 368 g/mol. The molecule has 0 aliphatic carbocycles. The zero-order valence-corrected chi connectivity index (χ0v) is 15.1. The largest absolute Gasteiger partial charge is 0.462 e. The van der Waals surface area contributed by atoms with Gasteiger partial charge in [-0.25, -0.2) is 4.99 Å². The first-order chi connectivity index (χ1) is 13.7. The van der Waals surface area contributed by atoms with Crippen LogP contribution in [0, 0.1) is 11.8 Å². The van der Waals surface area contributed by atoms with Gasteiger partial charge >= 0.3 is 0 Å².